The van der Waals surface area contributed by atoms with Crippen LogP contribution in [0.1, 0.15) is 21.7 Å². The van der Waals surface area contributed by atoms with E-state index in [2.05, 4.69) is 22.6 Å². The van der Waals surface area contributed by atoms with Crippen LogP contribution in [0, 0.1) is 13.7 Å². The van der Waals surface area contributed by atoms with Crippen molar-refractivity contribution in [2.45, 2.75) is 19.0 Å². The number of carbonyl (C=O) groups is 3. The number of imide groups is 1. The number of nitro groups is 1. The van der Waals surface area contributed by atoms with E-state index in [4.69, 9.17) is 11.6 Å². The highest BCUT2D eigenvalue weighted by molar-refractivity contribution is 14.1. The Bertz CT molecular complexity index is 1250. The summed E-state index contributed by atoms with van der Waals surface area (Å²) in [7, 11) is 0. The monoisotopic (exact) mass is 595 g/mol. The molecule has 1 fully saturated rings. The molecule has 0 aliphatic carbocycles. The molecule has 3 aromatic rings. The summed E-state index contributed by atoms with van der Waals surface area (Å²) in [4.78, 5) is 53.4. The van der Waals surface area contributed by atoms with Gasteiger partial charge in [-0.3, -0.25) is 24.5 Å². The fraction of sp³-hybridized carbons (Fsp3) is 0.136. The van der Waals surface area contributed by atoms with Crippen molar-refractivity contribution in [3.63, 3.8) is 0 Å². The van der Waals surface area contributed by atoms with Gasteiger partial charge in [-0.05, 0) is 70.4 Å². The molecule has 11 heteroatoms. The third-order valence-corrected chi connectivity index (χ3v) is 7.04. The van der Waals surface area contributed by atoms with Crippen LogP contribution in [0.4, 0.5) is 11.4 Å². The number of hydrogen-bond donors (Lipinski definition) is 0. The van der Waals surface area contributed by atoms with Crippen LogP contribution in [0.3, 0.4) is 0 Å². The first-order chi connectivity index (χ1) is 15.8. The molecule has 168 valence electrons. The van der Waals surface area contributed by atoms with Gasteiger partial charge < -0.3 is 4.90 Å². The zero-order chi connectivity index (χ0) is 23.7. The number of nitrogens with zero attached hydrogens (tertiary/aromatic N) is 3. The number of thiophene rings is 1. The Morgan fingerprint density at radius 1 is 1.21 bits per heavy atom. The zero-order valence-electron chi connectivity index (χ0n) is 16.8. The predicted octanol–water partition coefficient (Wildman–Crippen LogP) is 4.89. The maximum Gasteiger partial charge on any atom is 0.288 e. The van der Waals surface area contributed by atoms with Gasteiger partial charge in [-0.15, -0.1) is 11.3 Å². The summed E-state index contributed by atoms with van der Waals surface area (Å²) in [6.45, 7) is 0.0805. The number of hydrogen-bond acceptors (Lipinski definition) is 6. The predicted molar refractivity (Wildman–Crippen MR) is 132 cm³/mol. The lowest BCUT2D eigenvalue weighted by atomic mass is 10.1. The van der Waals surface area contributed by atoms with E-state index in [1.165, 1.54) is 28.4 Å². The third-order valence-electron chi connectivity index (χ3n) is 5.14. The Morgan fingerprint density at radius 2 is 1.94 bits per heavy atom. The maximum atomic E-state index is 13.5. The van der Waals surface area contributed by atoms with Crippen LogP contribution in [0.5, 0.6) is 0 Å². The summed E-state index contributed by atoms with van der Waals surface area (Å²) in [5.74, 6) is -1.54. The molecule has 0 N–H and O–H groups in total. The van der Waals surface area contributed by atoms with Crippen molar-refractivity contribution in [1.29, 1.82) is 0 Å². The Balaban J connectivity index is 1.70. The standard InChI is InChI=1S/C22H15ClIN3O5S/c23-17-8-3-13(10-18(17)27(31)32)21(29)25(12-16-2-1-9-33-16)19-11-20(28)26(22(19)30)15-6-4-14(24)5-7-15/h1-10,19H,11-12H2. The molecular weight excluding hydrogens is 581 g/mol. The van der Waals surface area contributed by atoms with E-state index in [0.717, 1.165) is 19.4 Å². The molecule has 1 unspecified atom stereocenters. The van der Waals surface area contributed by atoms with Gasteiger partial charge in [0.2, 0.25) is 5.91 Å². The third kappa shape index (κ3) is 4.77. The number of carbonyl (C=O) groups excluding carboxylic acids is 3. The molecule has 1 aliphatic rings. The minimum Gasteiger partial charge on any atom is -0.321 e. The number of halogens is 2. The lowest BCUT2D eigenvalue weighted by Crippen LogP contribution is -2.45. The molecule has 1 aromatic heterocycles. The van der Waals surface area contributed by atoms with Crippen LogP contribution in [0.25, 0.3) is 0 Å². The second-order valence-electron chi connectivity index (χ2n) is 7.20. The minimum absolute atomic E-state index is 0.00983. The first kappa shape index (κ1) is 23.3. The molecule has 8 nitrogen and oxygen atoms in total. The Hall–Kier alpha value is -2.83. The van der Waals surface area contributed by atoms with Gasteiger partial charge in [0.1, 0.15) is 11.1 Å². The van der Waals surface area contributed by atoms with Crippen LogP contribution in [0.2, 0.25) is 5.02 Å². The molecule has 33 heavy (non-hydrogen) atoms. The number of amides is 3. The van der Waals surface area contributed by atoms with Crippen molar-refractivity contribution in [2.24, 2.45) is 0 Å². The van der Waals surface area contributed by atoms with Crippen molar-refractivity contribution in [1.82, 2.24) is 4.90 Å². The maximum absolute atomic E-state index is 13.5. The molecule has 0 radical (unpaired) electrons. The Morgan fingerprint density at radius 3 is 2.58 bits per heavy atom. The lowest BCUT2D eigenvalue weighted by molar-refractivity contribution is -0.384. The van der Waals surface area contributed by atoms with Crippen LogP contribution in [-0.2, 0) is 16.1 Å². The van der Waals surface area contributed by atoms with Gasteiger partial charge in [0.25, 0.3) is 17.5 Å². The number of anilines is 1. The summed E-state index contributed by atoms with van der Waals surface area (Å²) < 4.78 is 0.950. The minimum atomic E-state index is -1.04. The molecule has 1 atom stereocenters. The second-order valence-corrected chi connectivity index (χ2v) is 9.88. The molecule has 0 saturated carbocycles. The molecule has 3 amide bonds. The van der Waals surface area contributed by atoms with E-state index in [9.17, 15) is 24.5 Å². The second kappa shape index (κ2) is 9.57. The van der Waals surface area contributed by atoms with Gasteiger partial charge in [-0.25, -0.2) is 4.90 Å². The van der Waals surface area contributed by atoms with Gasteiger partial charge in [-0.1, -0.05) is 17.7 Å². The van der Waals surface area contributed by atoms with Crippen molar-refractivity contribution in [3.05, 3.63) is 89.1 Å². The molecule has 1 aliphatic heterocycles. The average molecular weight is 596 g/mol. The highest BCUT2D eigenvalue weighted by Crippen LogP contribution is 2.31. The summed E-state index contributed by atoms with van der Waals surface area (Å²) in [5.41, 5.74) is 0.0297. The summed E-state index contributed by atoms with van der Waals surface area (Å²) in [6.07, 6.45) is -0.183. The normalized spacial score (nSPS) is 15.7. The highest BCUT2D eigenvalue weighted by atomic mass is 127. The van der Waals surface area contributed by atoms with Crippen molar-refractivity contribution in [2.75, 3.05) is 4.90 Å². The number of benzene rings is 2. The van der Waals surface area contributed by atoms with Crippen molar-refractivity contribution in [3.8, 4) is 0 Å². The summed E-state index contributed by atoms with van der Waals surface area (Å²) >= 11 is 9.41. The first-order valence-electron chi connectivity index (χ1n) is 9.66. The molecule has 1 saturated heterocycles. The van der Waals surface area contributed by atoms with E-state index in [0.29, 0.717) is 5.69 Å². The van der Waals surface area contributed by atoms with E-state index in [1.807, 2.05) is 17.5 Å². The molecule has 0 bridgehead atoms. The molecule has 2 aromatic carbocycles. The van der Waals surface area contributed by atoms with E-state index in [1.54, 1.807) is 24.3 Å². The molecule has 2 heterocycles. The van der Waals surface area contributed by atoms with Gasteiger partial charge in [-0.2, -0.15) is 0 Å². The Labute approximate surface area is 211 Å². The summed E-state index contributed by atoms with van der Waals surface area (Å²) in [5, 5.41) is 13.0. The smallest absolute Gasteiger partial charge is 0.288 e. The van der Waals surface area contributed by atoms with Gasteiger partial charge in [0, 0.05) is 20.1 Å². The molecule has 0 spiro atoms. The lowest BCUT2D eigenvalue weighted by Gasteiger charge is -2.27. The topological polar surface area (TPSA) is 101 Å². The van der Waals surface area contributed by atoms with Gasteiger partial charge in [0.05, 0.1) is 23.6 Å². The van der Waals surface area contributed by atoms with Crippen molar-refractivity contribution >= 4 is 74.6 Å². The Kier molecular flexibility index (Phi) is 6.77. The molecular formula is C22H15ClIN3O5S. The van der Waals surface area contributed by atoms with Crippen LogP contribution in [-0.4, -0.2) is 33.6 Å². The fourth-order valence-electron chi connectivity index (χ4n) is 3.57. The number of rotatable bonds is 6. The van der Waals surface area contributed by atoms with Crippen LogP contribution < -0.4 is 4.90 Å². The van der Waals surface area contributed by atoms with Gasteiger partial charge >= 0.3 is 0 Å². The SMILES string of the molecule is O=C1CC(N(Cc2cccs2)C(=O)c2ccc(Cl)c([N+](=O)[O-])c2)C(=O)N1c1ccc(I)cc1. The summed E-state index contributed by atoms with van der Waals surface area (Å²) in [6, 6.07) is 13.2. The van der Waals surface area contributed by atoms with E-state index in [-0.39, 0.29) is 23.6 Å². The zero-order valence-corrected chi connectivity index (χ0v) is 20.5. The van der Waals surface area contributed by atoms with Crippen LogP contribution in [0.15, 0.2) is 60.0 Å². The van der Waals surface area contributed by atoms with Crippen molar-refractivity contribution < 1.29 is 19.3 Å². The average Bonchev–Trinajstić information content (AvgIpc) is 3.40. The first-order valence-corrected chi connectivity index (χ1v) is 12.0. The van der Waals surface area contributed by atoms with Crippen LogP contribution >= 0.6 is 45.5 Å². The largest absolute Gasteiger partial charge is 0.321 e. The molecule has 4 rings (SSSR count). The van der Waals surface area contributed by atoms with E-state index >= 15 is 0 Å². The highest BCUT2D eigenvalue weighted by Gasteiger charge is 2.44. The van der Waals surface area contributed by atoms with E-state index < -0.39 is 34.4 Å². The number of nitro benzene ring substituents is 1. The fourth-order valence-corrected chi connectivity index (χ4v) is 4.82. The quantitative estimate of drug-likeness (QED) is 0.175. The van der Waals surface area contributed by atoms with Gasteiger partial charge in [0.15, 0.2) is 0 Å².